The van der Waals surface area contributed by atoms with E-state index >= 15 is 0 Å². The molecule has 0 saturated heterocycles. The molecule has 0 unspecified atom stereocenters. The predicted octanol–water partition coefficient (Wildman–Crippen LogP) is -0.163. The molecule has 0 saturated carbocycles. The Balaban J connectivity index is 0.00000156. The van der Waals surface area contributed by atoms with Crippen LogP contribution < -0.4 is 26.3 Å². The van der Waals surface area contributed by atoms with Gasteiger partial charge in [-0.3, -0.25) is 0 Å². The van der Waals surface area contributed by atoms with Crippen molar-refractivity contribution in [3.63, 3.8) is 0 Å². The molecular weight excluding hydrogens is 374 g/mol. The number of aromatic nitrogens is 2. The smallest absolute Gasteiger partial charge is 0.344 e. The van der Waals surface area contributed by atoms with E-state index in [0.29, 0.717) is 0 Å². The number of benzene rings is 2. The quantitative estimate of drug-likeness (QED) is 0.570. The Morgan fingerprint density at radius 2 is 1.87 bits per heavy atom. The third-order valence-corrected chi connectivity index (χ3v) is 5.04. The van der Waals surface area contributed by atoms with E-state index in [1.54, 1.807) is 7.11 Å². The van der Waals surface area contributed by atoms with Gasteiger partial charge >= 0.3 is 5.16 Å². The maximum Gasteiger partial charge on any atom is 0.344 e. The Hall–Kier alpha value is -1.79. The molecule has 0 spiro atoms. The van der Waals surface area contributed by atoms with E-state index in [1.165, 1.54) is 10.7 Å². The SMILES string of the molecule is COc1ccc(C2=Nn3c([n+](C)c4ccccc43)SC2)cc1.[Br-]. The second-order valence-electron chi connectivity index (χ2n) is 5.21. The summed E-state index contributed by atoms with van der Waals surface area (Å²) in [4.78, 5) is 0. The third kappa shape index (κ3) is 2.66. The van der Waals surface area contributed by atoms with Crippen LogP contribution in [0.4, 0.5) is 0 Å². The molecule has 2 aromatic carbocycles. The van der Waals surface area contributed by atoms with Crippen LogP contribution in [0.15, 0.2) is 58.8 Å². The van der Waals surface area contributed by atoms with Crippen LogP contribution in [0.25, 0.3) is 11.0 Å². The average Bonchev–Trinajstić information content (AvgIpc) is 2.88. The molecule has 4 rings (SSSR count). The molecule has 118 valence electrons. The second-order valence-corrected chi connectivity index (χ2v) is 6.15. The number of methoxy groups -OCH3 is 1. The van der Waals surface area contributed by atoms with Crippen LogP contribution in [0.3, 0.4) is 0 Å². The van der Waals surface area contributed by atoms with E-state index in [4.69, 9.17) is 9.84 Å². The van der Waals surface area contributed by atoms with Crippen LogP contribution in [-0.2, 0) is 7.05 Å². The zero-order valence-electron chi connectivity index (χ0n) is 12.9. The summed E-state index contributed by atoms with van der Waals surface area (Å²) in [6.45, 7) is 0. The summed E-state index contributed by atoms with van der Waals surface area (Å²) in [6, 6.07) is 16.4. The Kier molecular flexibility index (Phi) is 4.46. The van der Waals surface area contributed by atoms with E-state index in [0.717, 1.165) is 28.3 Å². The lowest BCUT2D eigenvalue weighted by Gasteiger charge is -2.09. The summed E-state index contributed by atoms with van der Waals surface area (Å²) < 4.78 is 9.47. The highest BCUT2D eigenvalue weighted by molar-refractivity contribution is 7.99. The summed E-state index contributed by atoms with van der Waals surface area (Å²) in [6.07, 6.45) is 0. The lowest BCUT2D eigenvalue weighted by molar-refractivity contribution is -0.685. The van der Waals surface area contributed by atoms with Crippen LogP contribution in [0, 0.1) is 0 Å². The van der Waals surface area contributed by atoms with Crippen LogP contribution in [0.1, 0.15) is 5.56 Å². The van der Waals surface area contributed by atoms with Crippen molar-refractivity contribution in [2.75, 3.05) is 12.9 Å². The van der Waals surface area contributed by atoms with Crippen molar-refractivity contribution in [2.24, 2.45) is 12.1 Å². The molecule has 2 heterocycles. The van der Waals surface area contributed by atoms with Gasteiger partial charge in [0.2, 0.25) is 5.52 Å². The van der Waals surface area contributed by atoms with Gasteiger partial charge in [0.05, 0.1) is 19.9 Å². The second kappa shape index (κ2) is 6.37. The standard InChI is InChI=1S/C17H16N3OS.BrH/c1-19-15-5-3-4-6-16(15)20-17(19)22-11-14(18-20)12-7-9-13(21-2)10-8-12;/h3-10H,11H2,1-2H3;1H/q+1;/p-1. The number of para-hydroxylation sites is 2. The molecule has 0 amide bonds. The average molecular weight is 390 g/mol. The first-order valence-corrected chi connectivity index (χ1v) is 8.11. The van der Waals surface area contributed by atoms with Crippen molar-refractivity contribution in [1.29, 1.82) is 0 Å². The van der Waals surface area contributed by atoms with Crippen molar-refractivity contribution in [3.8, 4) is 5.75 Å². The number of hydrogen-bond donors (Lipinski definition) is 0. The van der Waals surface area contributed by atoms with Gasteiger partial charge in [-0.2, -0.15) is 0 Å². The first kappa shape index (κ1) is 16.1. The Morgan fingerprint density at radius 3 is 2.61 bits per heavy atom. The molecule has 0 aliphatic carbocycles. The molecule has 1 aliphatic rings. The van der Waals surface area contributed by atoms with Gasteiger partial charge in [0.1, 0.15) is 11.5 Å². The number of thioether (sulfide) groups is 1. The number of aryl methyl sites for hydroxylation is 1. The van der Waals surface area contributed by atoms with Crippen LogP contribution in [-0.4, -0.2) is 23.3 Å². The van der Waals surface area contributed by atoms with E-state index in [2.05, 4.69) is 48.0 Å². The van der Waals surface area contributed by atoms with E-state index < -0.39 is 0 Å². The first-order chi connectivity index (χ1) is 10.8. The fourth-order valence-corrected chi connectivity index (χ4v) is 3.78. The maximum atomic E-state index is 5.22. The molecule has 23 heavy (non-hydrogen) atoms. The van der Waals surface area contributed by atoms with Gasteiger partial charge in [0, 0.05) is 5.56 Å². The van der Waals surface area contributed by atoms with Crippen molar-refractivity contribution in [2.45, 2.75) is 5.16 Å². The highest BCUT2D eigenvalue weighted by Crippen LogP contribution is 2.27. The van der Waals surface area contributed by atoms with Gasteiger partial charge in [-0.25, -0.2) is 4.57 Å². The minimum absolute atomic E-state index is 0. The summed E-state index contributed by atoms with van der Waals surface area (Å²) in [5, 5.41) is 6.04. The summed E-state index contributed by atoms with van der Waals surface area (Å²) in [7, 11) is 3.77. The fourth-order valence-electron chi connectivity index (χ4n) is 2.74. The fraction of sp³-hybridized carbons (Fsp3) is 0.176. The third-order valence-electron chi connectivity index (χ3n) is 3.92. The van der Waals surface area contributed by atoms with E-state index in [9.17, 15) is 0 Å². The van der Waals surface area contributed by atoms with Crippen molar-refractivity contribution >= 4 is 28.5 Å². The first-order valence-electron chi connectivity index (χ1n) is 7.12. The topological polar surface area (TPSA) is 30.4 Å². The summed E-state index contributed by atoms with van der Waals surface area (Å²) in [5.41, 5.74) is 4.56. The number of halogens is 1. The minimum Gasteiger partial charge on any atom is -1.00 e. The van der Waals surface area contributed by atoms with Crippen LogP contribution in [0.5, 0.6) is 5.75 Å². The molecule has 4 nitrogen and oxygen atoms in total. The Bertz CT molecular complexity index is 887. The Labute approximate surface area is 149 Å². The van der Waals surface area contributed by atoms with Crippen LogP contribution in [0.2, 0.25) is 0 Å². The summed E-state index contributed by atoms with van der Waals surface area (Å²) >= 11 is 1.82. The van der Waals surface area contributed by atoms with Crippen molar-refractivity contribution in [1.82, 2.24) is 4.68 Å². The number of ether oxygens (including phenoxy) is 1. The largest absolute Gasteiger partial charge is 1.00 e. The maximum absolute atomic E-state index is 5.22. The molecule has 1 aromatic heterocycles. The highest BCUT2D eigenvalue weighted by Gasteiger charge is 2.28. The zero-order chi connectivity index (χ0) is 15.1. The van der Waals surface area contributed by atoms with Gasteiger partial charge < -0.3 is 21.7 Å². The molecule has 0 radical (unpaired) electrons. The molecule has 0 atom stereocenters. The summed E-state index contributed by atoms with van der Waals surface area (Å²) in [5.74, 6) is 1.74. The molecule has 0 fully saturated rings. The molecule has 1 aliphatic heterocycles. The van der Waals surface area contributed by atoms with Crippen molar-refractivity contribution < 1.29 is 26.3 Å². The van der Waals surface area contributed by atoms with Crippen molar-refractivity contribution in [3.05, 3.63) is 54.1 Å². The van der Waals surface area contributed by atoms with Gasteiger partial charge in [0.15, 0.2) is 5.52 Å². The van der Waals surface area contributed by atoms with Gasteiger partial charge in [-0.15, -0.1) is 0 Å². The number of hydrogen-bond acceptors (Lipinski definition) is 3. The lowest BCUT2D eigenvalue weighted by atomic mass is 10.1. The number of nitrogens with zero attached hydrogens (tertiary/aromatic N) is 3. The lowest BCUT2D eigenvalue weighted by Crippen LogP contribution is -3.00. The molecule has 0 N–H and O–H groups in total. The number of rotatable bonds is 2. The van der Waals surface area contributed by atoms with Crippen LogP contribution >= 0.6 is 11.8 Å². The predicted molar refractivity (Wildman–Crippen MR) is 88.8 cm³/mol. The zero-order valence-corrected chi connectivity index (χ0v) is 15.3. The Morgan fingerprint density at radius 1 is 1.13 bits per heavy atom. The van der Waals surface area contributed by atoms with Gasteiger partial charge in [0.25, 0.3) is 0 Å². The molecule has 0 bridgehead atoms. The monoisotopic (exact) mass is 389 g/mol. The normalized spacial score (nSPS) is 13.2. The van der Waals surface area contributed by atoms with E-state index in [1.807, 2.05) is 28.6 Å². The highest BCUT2D eigenvalue weighted by atomic mass is 79.9. The number of fused-ring (bicyclic) bond motifs is 3. The van der Waals surface area contributed by atoms with Gasteiger partial charge in [-0.1, -0.05) is 21.9 Å². The minimum atomic E-state index is 0. The molecule has 6 heteroatoms. The van der Waals surface area contributed by atoms with E-state index in [-0.39, 0.29) is 17.0 Å². The molecular formula is C17H16BrN3OS. The molecule has 3 aromatic rings. The number of imidazole rings is 1. The van der Waals surface area contributed by atoms with Gasteiger partial charge in [-0.05, 0) is 48.2 Å².